The molecule has 0 saturated heterocycles. The second-order valence-electron chi connectivity index (χ2n) is 5.37. The Kier molecular flexibility index (Phi) is 4.00. The van der Waals surface area contributed by atoms with Gasteiger partial charge >= 0.3 is 0 Å². The zero-order valence-electron chi connectivity index (χ0n) is 11.3. The van der Waals surface area contributed by atoms with Crippen LogP contribution < -0.4 is 5.73 Å². The van der Waals surface area contributed by atoms with Crippen LogP contribution in [0.4, 0.5) is 0 Å². The molecule has 1 fully saturated rings. The molecule has 1 heterocycles. The Hall–Kier alpha value is -1.05. The first-order valence-corrected chi connectivity index (χ1v) is 8.75. The van der Waals surface area contributed by atoms with Gasteiger partial charge in [0.15, 0.2) is 0 Å². The van der Waals surface area contributed by atoms with E-state index < -0.39 is 0 Å². The van der Waals surface area contributed by atoms with Gasteiger partial charge in [-0.15, -0.1) is 11.8 Å². The molecule has 1 spiro atoms. The van der Waals surface area contributed by atoms with Crippen LogP contribution >= 0.6 is 23.5 Å². The van der Waals surface area contributed by atoms with Crippen LogP contribution in [0.1, 0.15) is 42.9 Å². The quantitative estimate of drug-likeness (QED) is 0.826. The highest BCUT2D eigenvalue weighted by Gasteiger charge is 2.42. The summed E-state index contributed by atoms with van der Waals surface area (Å²) in [4.78, 5) is 0. The molecular formula is C16H18N2S2. The van der Waals surface area contributed by atoms with Gasteiger partial charge in [-0.2, -0.15) is 5.26 Å². The maximum Gasteiger partial charge on any atom is 0.0990 e. The van der Waals surface area contributed by atoms with Gasteiger partial charge in [-0.05, 0) is 18.4 Å². The summed E-state index contributed by atoms with van der Waals surface area (Å²) >= 11 is 3.69. The summed E-state index contributed by atoms with van der Waals surface area (Å²) in [5.41, 5.74) is 8.16. The Morgan fingerprint density at radius 3 is 2.50 bits per heavy atom. The van der Waals surface area contributed by atoms with Crippen molar-refractivity contribution in [3.8, 4) is 6.07 Å². The van der Waals surface area contributed by atoms with Gasteiger partial charge in [0, 0.05) is 0 Å². The van der Waals surface area contributed by atoms with Crippen molar-refractivity contribution < 1.29 is 0 Å². The maximum absolute atomic E-state index is 9.47. The van der Waals surface area contributed by atoms with E-state index in [-0.39, 0.29) is 9.33 Å². The predicted octanol–water partition coefficient (Wildman–Crippen LogP) is 4.56. The molecule has 0 unspecified atom stereocenters. The molecule has 0 aromatic heterocycles. The molecule has 1 atom stereocenters. The van der Waals surface area contributed by atoms with Crippen LogP contribution in [0.3, 0.4) is 0 Å². The average molecular weight is 302 g/mol. The molecule has 1 aromatic rings. The number of nitrogens with two attached hydrogens (primary N) is 1. The number of hydrogen-bond acceptors (Lipinski definition) is 4. The van der Waals surface area contributed by atoms with E-state index in [0.717, 1.165) is 10.6 Å². The fourth-order valence-electron chi connectivity index (χ4n) is 2.97. The summed E-state index contributed by atoms with van der Waals surface area (Å²) < 4.78 is 0.184. The first-order valence-electron chi connectivity index (χ1n) is 7.06. The summed E-state index contributed by atoms with van der Waals surface area (Å²) in [6, 6.07) is 12.6. The van der Waals surface area contributed by atoms with Crippen LogP contribution in [0.25, 0.3) is 0 Å². The van der Waals surface area contributed by atoms with Gasteiger partial charge < -0.3 is 5.73 Å². The van der Waals surface area contributed by atoms with Crippen molar-refractivity contribution in [2.75, 3.05) is 0 Å². The normalized spacial score (nSPS) is 25.4. The molecule has 2 aliphatic rings. The lowest BCUT2D eigenvalue weighted by Crippen LogP contribution is -2.30. The lowest BCUT2D eigenvalue weighted by atomic mass is 9.99. The van der Waals surface area contributed by atoms with Crippen molar-refractivity contribution in [1.29, 1.82) is 5.26 Å². The molecule has 2 nitrogen and oxygen atoms in total. The molecule has 3 rings (SSSR count). The Morgan fingerprint density at radius 2 is 1.85 bits per heavy atom. The smallest absolute Gasteiger partial charge is 0.0990 e. The van der Waals surface area contributed by atoms with Gasteiger partial charge in [0.25, 0.3) is 0 Å². The van der Waals surface area contributed by atoms with E-state index in [4.69, 9.17) is 5.73 Å². The lowest BCUT2D eigenvalue weighted by Gasteiger charge is -2.42. The Bertz CT molecular complexity index is 554. The van der Waals surface area contributed by atoms with Crippen LogP contribution in [0.15, 0.2) is 40.9 Å². The van der Waals surface area contributed by atoms with Crippen LogP contribution in [0.5, 0.6) is 0 Å². The molecule has 20 heavy (non-hydrogen) atoms. The molecule has 104 valence electrons. The van der Waals surface area contributed by atoms with Crippen LogP contribution in [0, 0.1) is 11.3 Å². The summed E-state index contributed by atoms with van der Waals surface area (Å²) in [7, 11) is 0. The number of nitriles is 1. The van der Waals surface area contributed by atoms with Gasteiger partial charge in [0.1, 0.15) is 0 Å². The molecule has 0 radical (unpaired) electrons. The van der Waals surface area contributed by atoms with E-state index in [1.54, 1.807) is 11.8 Å². The summed E-state index contributed by atoms with van der Waals surface area (Å²) in [5.74, 6) is 0. The minimum atomic E-state index is 0.0977. The number of rotatable bonds is 1. The van der Waals surface area contributed by atoms with Crippen molar-refractivity contribution in [3.05, 3.63) is 46.5 Å². The molecule has 1 saturated carbocycles. The molecule has 1 aliphatic carbocycles. The van der Waals surface area contributed by atoms with Gasteiger partial charge in [0.2, 0.25) is 0 Å². The van der Waals surface area contributed by atoms with Crippen LogP contribution in [0.2, 0.25) is 0 Å². The molecular weight excluding hydrogens is 284 g/mol. The van der Waals surface area contributed by atoms with Crippen molar-refractivity contribution in [3.63, 3.8) is 0 Å². The Balaban J connectivity index is 1.98. The molecule has 0 bridgehead atoms. The highest BCUT2D eigenvalue weighted by atomic mass is 32.2. The maximum atomic E-state index is 9.47. The largest absolute Gasteiger partial charge is 0.393 e. The van der Waals surface area contributed by atoms with Crippen molar-refractivity contribution in [2.45, 2.75) is 41.4 Å². The van der Waals surface area contributed by atoms with E-state index in [1.165, 1.54) is 37.7 Å². The number of thioether (sulfide) groups is 2. The molecule has 2 N–H and O–H groups in total. The molecule has 0 amide bonds. The van der Waals surface area contributed by atoms with E-state index in [2.05, 4.69) is 18.2 Å². The second kappa shape index (κ2) is 5.75. The highest BCUT2D eigenvalue weighted by Crippen LogP contribution is 2.60. The number of hydrogen-bond donors (Lipinski definition) is 1. The number of benzene rings is 1. The Labute approximate surface area is 128 Å². The SMILES string of the molecule is N#CC1=C(N)SC2(CCCCC2)S[C@@H]1c1ccccc1. The molecule has 1 aliphatic heterocycles. The van der Waals surface area contributed by atoms with Crippen molar-refractivity contribution in [2.24, 2.45) is 5.73 Å². The fourth-order valence-corrected chi connectivity index (χ4v) is 6.51. The van der Waals surface area contributed by atoms with Crippen molar-refractivity contribution in [1.82, 2.24) is 0 Å². The van der Waals surface area contributed by atoms with E-state index in [9.17, 15) is 5.26 Å². The van der Waals surface area contributed by atoms with Crippen LogP contribution in [-0.2, 0) is 0 Å². The standard InChI is InChI=1S/C16H18N2S2/c17-11-13-14(12-7-3-1-4-8-12)19-16(20-15(13)18)9-5-2-6-10-16/h1,3-4,7-8,14H,2,5-6,9-10,18H2/t14-/m1/s1. The van der Waals surface area contributed by atoms with Gasteiger partial charge in [-0.25, -0.2) is 0 Å². The monoisotopic (exact) mass is 302 g/mol. The Morgan fingerprint density at radius 1 is 1.15 bits per heavy atom. The first kappa shape index (κ1) is 13.9. The third kappa shape index (κ3) is 2.57. The predicted molar refractivity (Wildman–Crippen MR) is 87.0 cm³/mol. The molecule has 1 aromatic carbocycles. The average Bonchev–Trinajstić information content (AvgIpc) is 2.48. The van der Waals surface area contributed by atoms with Crippen LogP contribution in [-0.4, -0.2) is 4.08 Å². The van der Waals surface area contributed by atoms with Gasteiger partial charge in [0.05, 0.1) is 26.0 Å². The highest BCUT2D eigenvalue weighted by molar-refractivity contribution is 8.20. The van der Waals surface area contributed by atoms with E-state index in [1.807, 2.05) is 30.0 Å². The molecule has 4 heteroatoms. The van der Waals surface area contributed by atoms with Gasteiger partial charge in [-0.3, -0.25) is 0 Å². The third-order valence-corrected chi connectivity index (χ3v) is 7.33. The van der Waals surface area contributed by atoms with E-state index in [0.29, 0.717) is 0 Å². The minimum absolute atomic E-state index is 0.0977. The summed E-state index contributed by atoms with van der Waals surface area (Å²) in [6.07, 6.45) is 6.27. The second-order valence-corrected chi connectivity index (χ2v) is 8.54. The summed E-state index contributed by atoms with van der Waals surface area (Å²) in [6.45, 7) is 0. The lowest BCUT2D eigenvalue weighted by molar-refractivity contribution is 0.489. The van der Waals surface area contributed by atoms with Crippen molar-refractivity contribution >= 4 is 23.5 Å². The van der Waals surface area contributed by atoms with E-state index >= 15 is 0 Å². The third-order valence-electron chi connectivity index (χ3n) is 3.99. The van der Waals surface area contributed by atoms with Gasteiger partial charge in [-0.1, -0.05) is 61.4 Å². The zero-order valence-corrected chi connectivity index (χ0v) is 13.0. The topological polar surface area (TPSA) is 49.8 Å². The fraction of sp³-hybridized carbons (Fsp3) is 0.438. The zero-order chi connectivity index (χ0) is 14.0. The number of nitrogens with zero attached hydrogens (tertiary/aromatic N) is 1. The summed E-state index contributed by atoms with van der Waals surface area (Å²) in [5, 5.41) is 10.3. The minimum Gasteiger partial charge on any atom is -0.393 e. The first-order chi connectivity index (χ1) is 9.74.